The third kappa shape index (κ3) is 4.65. The number of rotatable bonds is 4. The highest BCUT2D eigenvalue weighted by atomic mass is 16.6. The molecule has 33 heavy (non-hydrogen) atoms. The fourth-order valence-electron chi connectivity index (χ4n) is 4.30. The summed E-state index contributed by atoms with van der Waals surface area (Å²) in [5, 5.41) is 2.06. The van der Waals surface area contributed by atoms with Crippen molar-refractivity contribution < 1.29 is 14.3 Å². The number of hydrogen-bond donors (Lipinski definition) is 0. The van der Waals surface area contributed by atoms with E-state index < -0.39 is 5.97 Å². The number of amides is 1. The minimum atomic E-state index is -0.445. The summed E-state index contributed by atoms with van der Waals surface area (Å²) in [5.74, 6) is 0.0176. The third-order valence-corrected chi connectivity index (χ3v) is 6.03. The zero-order chi connectivity index (χ0) is 22.6. The highest BCUT2D eigenvalue weighted by Gasteiger charge is 2.27. The molecule has 0 radical (unpaired) electrons. The van der Waals surface area contributed by atoms with Crippen LogP contribution in [0, 0.1) is 0 Å². The summed E-state index contributed by atoms with van der Waals surface area (Å²) in [7, 11) is 0. The van der Waals surface area contributed by atoms with Crippen LogP contribution in [0.25, 0.3) is 10.8 Å². The van der Waals surface area contributed by atoms with Gasteiger partial charge in [0.25, 0.3) is 0 Å². The van der Waals surface area contributed by atoms with Crippen LogP contribution in [-0.4, -0.2) is 53.8 Å². The summed E-state index contributed by atoms with van der Waals surface area (Å²) < 4.78 is 5.52. The fourth-order valence-corrected chi connectivity index (χ4v) is 4.30. The van der Waals surface area contributed by atoms with Crippen LogP contribution in [0.3, 0.4) is 0 Å². The average Bonchev–Trinajstić information content (AvgIpc) is 3.04. The Hall–Kier alpha value is -3.93. The topological polar surface area (TPSA) is 62.2 Å². The van der Waals surface area contributed by atoms with E-state index in [1.54, 1.807) is 6.20 Å². The summed E-state index contributed by atoms with van der Waals surface area (Å²) >= 11 is 0. The Morgan fingerprint density at radius 3 is 2.58 bits per heavy atom. The Morgan fingerprint density at radius 1 is 0.909 bits per heavy atom. The van der Waals surface area contributed by atoms with Gasteiger partial charge in [-0.1, -0.05) is 66.7 Å². The van der Waals surface area contributed by atoms with Gasteiger partial charge in [-0.05, 0) is 28.8 Å². The molecule has 2 aliphatic heterocycles. The SMILES string of the molecule is O=C1OC(c2cccc3ccccc23)=N/C1=C\N1CCCN(C(=O)Cc2ccccc2)CC1. The number of nitrogens with zero attached hydrogens (tertiary/aromatic N) is 3. The van der Waals surface area contributed by atoms with Crippen molar-refractivity contribution in [1.29, 1.82) is 0 Å². The average molecular weight is 440 g/mol. The molecular weight excluding hydrogens is 414 g/mol. The van der Waals surface area contributed by atoms with Crippen molar-refractivity contribution in [3.05, 3.63) is 95.8 Å². The molecular formula is C27H25N3O3. The molecule has 1 fully saturated rings. The van der Waals surface area contributed by atoms with Crippen LogP contribution >= 0.6 is 0 Å². The number of hydrogen-bond acceptors (Lipinski definition) is 5. The molecule has 0 bridgehead atoms. The van der Waals surface area contributed by atoms with Crippen LogP contribution < -0.4 is 0 Å². The first-order chi connectivity index (χ1) is 16.2. The van der Waals surface area contributed by atoms with Crippen molar-refractivity contribution in [3.8, 4) is 0 Å². The van der Waals surface area contributed by atoms with Crippen LogP contribution in [-0.2, 0) is 20.7 Å². The molecule has 0 saturated carbocycles. The fraction of sp³-hybridized carbons (Fsp3) is 0.222. The van der Waals surface area contributed by atoms with Gasteiger partial charge in [0.1, 0.15) is 0 Å². The van der Waals surface area contributed by atoms with Crippen molar-refractivity contribution in [3.63, 3.8) is 0 Å². The molecule has 2 heterocycles. The number of aliphatic imine (C=N–C) groups is 1. The summed E-state index contributed by atoms with van der Waals surface area (Å²) in [5.41, 5.74) is 2.12. The smallest absolute Gasteiger partial charge is 0.365 e. The Bertz CT molecular complexity index is 1240. The second-order valence-electron chi connectivity index (χ2n) is 8.28. The van der Waals surface area contributed by atoms with E-state index in [-0.39, 0.29) is 5.91 Å². The molecule has 6 heteroatoms. The zero-order valence-electron chi connectivity index (χ0n) is 18.3. The molecule has 0 aliphatic carbocycles. The normalized spacial score (nSPS) is 17.8. The molecule has 0 atom stereocenters. The van der Waals surface area contributed by atoms with Crippen LogP contribution in [0.1, 0.15) is 17.5 Å². The summed E-state index contributed by atoms with van der Waals surface area (Å²) in [6, 6.07) is 23.6. The van der Waals surface area contributed by atoms with Gasteiger partial charge < -0.3 is 14.5 Å². The van der Waals surface area contributed by atoms with Crippen molar-refractivity contribution in [2.24, 2.45) is 4.99 Å². The second kappa shape index (κ2) is 9.28. The van der Waals surface area contributed by atoms with Gasteiger partial charge >= 0.3 is 5.97 Å². The second-order valence-corrected chi connectivity index (χ2v) is 8.28. The maximum absolute atomic E-state index is 12.7. The Morgan fingerprint density at radius 2 is 1.70 bits per heavy atom. The summed E-state index contributed by atoms with van der Waals surface area (Å²) in [6.45, 7) is 2.73. The number of carbonyl (C=O) groups is 2. The minimum absolute atomic E-state index is 0.132. The number of esters is 1. The molecule has 0 unspecified atom stereocenters. The predicted molar refractivity (Wildman–Crippen MR) is 128 cm³/mol. The molecule has 2 aliphatic rings. The quantitative estimate of drug-likeness (QED) is 0.459. The van der Waals surface area contributed by atoms with Crippen molar-refractivity contribution in [2.75, 3.05) is 26.2 Å². The molecule has 0 N–H and O–H groups in total. The minimum Gasteiger partial charge on any atom is -0.402 e. The van der Waals surface area contributed by atoms with E-state index in [2.05, 4.69) is 9.89 Å². The standard InChI is InChI=1S/C27H25N3O3/c31-25(18-20-8-2-1-3-9-20)30-15-7-14-29(16-17-30)19-24-27(32)33-26(28-24)23-13-6-11-21-10-4-5-12-22(21)23/h1-6,8-13,19H,7,14-18H2/b24-19-. The zero-order valence-corrected chi connectivity index (χ0v) is 18.3. The number of cyclic esters (lactones) is 1. The molecule has 3 aromatic carbocycles. The lowest BCUT2D eigenvalue weighted by Gasteiger charge is -2.21. The summed E-state index contributed by atoms with van der Waals surface area (Å²) in [6.07, 6.45) is 3.01. The Labute approximate surface area is 192 Å². The molecule has 166 valence electrons. The number of benzene rings is 3. The lowest BCUT2D eigenvalue weighted by molar-refractivity contribution is -0.131. The highest BCUT2D eigenvalue weighted by Crippen LogP contribution is 2.24. The molecule has 6 nitrogen and oxygen atoms in total. The van der Waals surface area contributed by atoms with Crippen molar-refractivity contribution >= 4 is 28.5 Å². The van der Waals surface area contributed by atoms with Gasteiger partial charge in [0.05, 0.1) is 6.42 Å². The number of carbonyl (C=O) groups excluding carboxylic acids is 2. The van der Waals surface area contributed by atoms with E-state index in [9.17, 15) is 9.59 Å². The maximum Gasteiger partial charge on any atom is 0.365 e. The van der Waals surface area contributed by atoms with Gasteiger partial charge in [-0.25, -0.2) is 9.79 Å². The van der Waals surface area contributed by atoms with Crippen LogP contribution in [0.15, 0.2) is 89.7 Å². The molecule has 5 rings (SSSR count). The number of ether oxygens (including phenoxy) is 1. The maximum atomic E-state index is 12.7. The van der Waals surface area contributed by atoms with Gasteiger partial charge in [0.2, 0.25) is 11.8 Å². The molecule has 3 aromatic rings. The van der Waals surface area contributed by atoms with Gasteiger partial charge in [0, 0.05) is 37.9 Å². The highest BCUT2D eigenvalue weighted by molar-refractivity contribution is 6.16. The Kier molecular flexibility index (Phi) is 5.89. The summed E-state index contributed by atoms with van der Waals surface area (Å²) in [4.78, 5) is 33.7. The van der Waals surface area contributed by atoms with E-state index in [1.807, 2.05) is 77.7 Å². The molecule has 0 spiro atoms. The molecule has 1 amide bonds. The van der Waals surface area contributed by atoms with E-state index in [4.69, 9.17) is 4.74 Å². The van der Waals surface area contributed by atoms with Gasteiger partial charge in [-0.15, -0.1) is 0 Å². The van der Waals surface area contributed by atoms with Crippen LogP contribution in [0.2, 0.25) is 0 Å². The lowest BCUT2D eigenvalue weighted by atomic mass is 10.0. The number of fused-ring (bicyclic) bond motifs is 1. The van der Waals surface area contributed by atoms with Crippen LogP contribution in [0.5, 0.6) is 0 Å². The van der Waals surface area contributed by atoms with E-state index in [1.165, 1.54) is 0 Å². The first kappa shape index (κ1) is 20.9. The van der Waals surface area contributed by atoms with E-state index in [0.717, 1.165) is 34.9 Å². The third-order valence-electron chi connectivity index (χ3n) is 6.03. The van der Waals surface area contributed by atoms with Crippen LogP contribution in [0.4, 0.5) is 0 Å². The lowest BCUT2D eigenvalue weighted by Crippen LogP contribution is -2.35. The van der Waals surface area contributed by atoms with Crippen molar-refractivity contribution in [1.82, 2.24) is 9.80 Å². The van der Waals surface area contributed by atoms with Gasteiger partial charge in [-0.3, -0.25) is 4.79 Å². The first-order valence-electron chi connectivity index (χ1n) is 11.2. The van der Waals surface area contributed by atoms with Gasteiger partial charge in [-0.2, -0.15) is 0 Å². The first-order valence-corrected chi connectivity index (χ1v) is 11.2. The van der Waals surface area contributed by atoms with Gasteiger partial charge in [0.15, 0.2) is 5.70 Å². The Balaban J connectivity index is 1.29. The molecule has 0 aromatic heterocycles. The largest absolute Gasteiger partial charge is 0.402 e. The predicted octanol–water partition coefficient (Wildman–Crippen LogP) is 3.76. The monoisotopic (exact) mass is 439 g/mol. The van der Waals surface area contributed by atoms with Crippen molar-refractivity contribution in [2.45, 2.75) is 12.8 Å². The van der Waals surface area contributed by atoms with E-state index in [0.29, 0.717) is 37.6 Å². The molecule has 1 saturated heterocycles. The van der Waals surface area contributed by atoms with E-state index >= 15 is 0 Å².